The van der Waals surface area contributed by atoms with Gasteiger partial charge in [0.1, 0.15) is 28.9 Å². The molecule has 0 saturated carbocycles. The number of aromatic hydroxyl groups is 2. The second-order valence-electron chi connectivity index (χ2n) is 12.3. The number of aliphatic hydroxyl groups excluding tert-OH is 1. The first-order valence-electron chi connectivity index (χ1n) is 15.3. The number of aliphatic hydroxyl groups is 2. The molecule has 0 bridgehead atoms. The topological polar surface area (TPSA) is 274 Å². The number of fused-ring (bicyclic) bond motifs is 3. The quantitative estimate of drug-likeness (QED) is 0.0854. The van der Waals surface area contributed by atoms with Gasteiger partial charge in [-0.2, -0.15) is 5.10 Å². The van der Waals surface area contributed by atoms with E-state index in [0.717, 1.165) is 0 Å². The highest BCUT2D eigenvalue weighted by Crippen LogP contribution is 2.52. The van der Waals surface area contributed by atoms with Crippen LogP contribution in [0, 0.1) is 0 Å². The summed E-state index contributed by atoms with van der Waals surface area (Å²) < 4.78 is 17.3. The molecule has 2 aromatic rings. The van der Waals surface area contributed by atoms with E-state index in [0.29, 0.717) is 0 Å². The van der Waals surface area contributed by atoms with Gasteiger partial charge in [-0.3, -0.25) is 19.2 Å². The van der Waals surface area contributed by atoms with Crippen molar-refractivity contribution in [2.45, 2.75) is 88.2 Å². The SMILES string of the molecule is COc1cccc2c1C(=O)c1c(O)c3c(c(O)c1C2=O)C[C@@](O)(/C(C)=N/NC(=O)CCC(N)C(=O)O)C[C@@H]3OC1CC(N)C(O)C(C)O1. The highest BCUT2D eigenvalue weighted by Gasteiger charge is 2.49. The zero-order valence-electron chi connectivity index (χ0n) is 26.4. The first-order chi connectivity index (χ1) is 22.6. The van der Waals surface area contributed by atoms with Gasteiger partial charge in [0.2, 0.25) is 11.7 Å². The summed E-state index contributed by atoms with van der Waals surface area (Å²) in [7, 11) is 1.32. The van der Waals surface area contributed by atoms with E-state index in [9.17, 15) is 39.6 Å². The number of hydrazone groups is 1. The van der Waals surface area contributed by atoms with Crippen LogP contribution < -0.4 is 21.6 Å². The molecule has 1 aliphatic heterocycles. The van der Waals surface area contributed by atoms with E-state index in [1.54, 1.807) is 6.92 Å². The Kier molecular flexibility index (Phi) is 9.60. The molecular formula is C32H38N4O12. The van der Waals surface area contributed by atoms with Crippen molar-refractivity contribution in [2.75, 3.05) is 7.11 Å². The monoisotopic (exact) mass is 670 g/mol. The highest BCUT2D eigenvalue weighted by molar-refractivity contribution is 6.31. The minimum absolute atomic E-state index is 0.0110. The van der Waals surface area contributed by atoms with Crippen molar-refractivity contribution in [1.29, 1.82) is 0 Å². The van der Waals surface area contributed by atoms with Gasteiger partial charge in [-0.25, -0.2) is 5.43 Å². The molecule has 258 valence electrons. The molecule has 10 N–H and O–H groups in total. The number of carbonyl (C=O) groups excluding carboxylic acids is 3. The molecular weight excluding hydrogens is 632 g/mol. The Labute approximate surface area is 274 Å². The van der Waals surface area contributed by atoms with Crippen LogP contribution in [-0.4, -0.2) is 98.0 Å². The molecule has 2 aromatic carbocycles. The normalized spacial score (nSPS) is 27.4. The molecule has 1 amide bonds. The van der Waals surface area contributed by atoms with Crippen molar-refractivity contribution in [3.8, 4) is 17.2 Å². The largest absolute Gasteiger partial charge is 0.507 e. The number of hydrogen-bond donors (Lipinski definition) is 8. The number of benzene rings is 2. The zero-order valence-corrected chi connectivity index (χ0v) is 26.4. The number of nitrogens with one attached hydrogen (secondary N) is 1. The number of carboxylic acid groups (broad SMARTS) is 1. The molecule has 48 heavy (non-hydrogen) atoms. The lowest BCUT2D eigenvalue weighted by Crippen LogP contribution is -2.52. The Morgan fingerprint density at radius 1 is 1.17 bits per heavy atom. The third-order valence-electron chi connectivity index (χ3n) is 9.16. The Balaban J connectivity index is 1.57. The number of rotatable bonds is 9. The molecule has 2 aliphatic carbocycles. The maximum Gasteiger partial charge on any atom is 0.320 e. The lowest BCUT2D eigenvalue weighted by Gasteiger charge is -2.42. The first-order valence-corrected chi connectivity index (χ1v) is 15.3. The minimum atomic E-state index is -1.97. The fraction of sp³-hybridized carbons (Fsp3) is 0.469. The summed E-state index contributed by atoms with van der Waals surface area (Å²) in [5, 5.41) is 58.6. The predicted octanol–water partition coefficient (Wildman–Crippen LogP) is 0.124. The van der Waals surface area contributed by atoms with E-state index in [1.807, 2.05) is 0 Å². The molecule has 16 nitrogen and oxygen atoms in total. The van der Waals surface area contributed by atoms with E-state index in [1.165, 1.54) is 32.2 Å². The Hall–Kier alpha value is -4.45. The second-order valence-corrected chi connectivity index (χ2v) is 12.3. The number of phenols is 2. The molecule has 16 heteroatoms. The van der Waals surface area contributed by atoms with Crippen LogP contribution in [0.5, 0.6) is 17.2 Å². The fourth-order valence-corrected chi connectivity index (χ4v) is 6.38. The maximum atomic E-state index is 13.9. The molecule has 0 spiro atoms. The van der Waals surface area contributed by atoms with E-state index in [-0.39, 0.29) is 59.4 Å². The molecule has 1 saturated heterocycles. The number of aliphatic carboxylic acids is 1. The molecule has 5 rings (SSSR count). The maximum absolute atomic E-state index is 13.9. The summed E-state index contributed by atoms with van der Waals surface area (Å²) in [5.41, 5.74) is 10.5. The van der Waals surface area contributed by atoms with Gasteiger partial charge >= 0.3 is 5.97 Å². The summed E-state index contributed by atoms with van der Waals surface area (Å²) in [5.74, 6) is -4.71. The minimum Gasteiger partial charge on any atom is -0.507 e. The number of carbonyl (C=O) groups is 4. The van der Waals surface area contributed by atoms with Crippen molar-refractivity contribution < 1.29 is 58.9 Å². The number of amides is 1. The number of ether oxygens (including phenoxy) is 3. The van der Waals surface area contributed by atoms with Crippen molar-refractivity contribution >= 4 is 29.2 Å². The van der Waals surface area contributed by atoms with Crippen molar-refractivity contribution in [3.05, 3.63) is 51.6 Å². The number of phenolic OH excluding ortho intramolecular Hbond substituents is 2. The number of ketones is 2. The summed E-state index contributed by atoms with van der Waals surface area (Å²) in [4.78, 5) is 51.0. The molecule has 7 atom stereocenters. The van der Waals surface area contributed by atoms with Gasteiger partial charge in [0.05, 0.1) is 47.8 Å². The second kappa shape index (κ2) is 13.2. The zero-order chi connectivity index (χ0) is 35.2. The van der Waals surface area contributed by atoms with E-state index < -0.39 is 94.8 Å². The van der Waals surface area contributed by atoms with Gasteiger partial charge in [0, 0.05) is 48.4 Å². The van der Waals surface area contributed by atoms with Gasteiger partial charge in [-0.15, -0.1) is 0 Å². The van der Waals surface area contributed by atoms with Crippen molar-refractivity contribution in [3.63, 3.8) is 0 Å². The lowest BCUT2D eigenvalue weighted by atomic mass is 9.72. The number of methoxy groups -OCH3 is 1. The molecule has 1 heterocycles. The van der Waals surface area contributed by atoms with Crippen LogP contribution in [0.3, 0.4) is 0 Å². The summed E-state index contributed by atoms with van der Waals surface area (Å²) in [6, 6.07) is 2.36. The Morgan fingerprint density at radius 3 is 2.50 bits per heavy atom. The van der Waals surface area contributed by atoms with Crippen LogP contribution >= 0.6 is 0 Å². The van der Waals surface area contributed by atoms with Crippen LogP contribution in [0.4, 0.5) is 0 Å². The average Bonchev–Trinajstić information content (AvgIpc) is 3.04. The predicted molar refractivity (Wildman–Crippen MR) is 166 cm³/mol. The standard InChI is InChI=1S/C32H38N4O12/c1-12-26(38)17(34)9-21(47-12)48-19-11-32(45,13(2)35-36-20(37)8-7-16(33)31(43)44)10-15-23(19)30(42)25-24(28(15)40)27(39)14-5-4-6-18(46-3)22(14)29(25)41/h4-6,12,16-17,19,21,26,38,40,42,45H,7-11,33-34H2,1-3H3,(H,36,37)(H,43,44)/b35-13+/t12?,16?,17?,19-,21?,26?,32-/m0/s1. The van der Waals surface area contributed by atoms with Gasteiger partial charge in [-0.05, 0) is 26.3 Å². The highest BCUT2D eigenvalue weighted by atomic mass is 16.7. The number of nitrogens with two attached hydrogens (primary N) is 2. The van der Waals surface area contributed by atoms with Gasteiger partial charge in [0.15, 0.2) is 12.1 Å². The van der Waals surface area contributed by atoms with Crippen molar-refractivity contribution in [1.82, 2.24) is 5.43 Å². The van der Waals surface area contributed by atoms with Crippen LogP contribution in [0.25, 0.3) is 0 Å². The molecule has 1 fully saturated rings. The van der Waals surface area contributed by atoms with Crippen LogP contribution in [0.15, 0.2) is 23.3 Å². The number of nitrogens with zero attached hydrogens (tertiary/aromatic N) is 1. The molecule has 3 aliphatic rings. The summed E-state index contributed by atoms with van der Waals surface area (Å²) >= 11 is 0. The van der Waals surface area contributed by atoms with Crippen molar-refractivity contribution in [2.24, 2.45) is 16.6 Å². The Bertz CT molecular complexity index is 1700. The van der Waals surface area contributed by atoms with Crippen LogP contribution in [0.2, 0.25) is 0 Å². The lowest BCUT2D eigenvalue weighted by molar-refractivity contribution is -0.245. The molecule has 0 aromatic heterocycles. The molecule has 0 radical (unpaired) electrons. The molecule has 5 unspecified atom stereocenters. The van der Waals surface area contributed by atoms with Crippen LogP contribution in [-0.2, 0) is 25.5 Å². The van der Waals surface area contributed by atoms with Gasteiger partial charge in [-0.1, -0.05) is 12.1 Å². The van der Waals surface area contributed by atoms with E-state index >= 15 is 0 Å². The third kappa shape index (κ3) is 6.13. The van der Waals surface area contributed by atoms with Gasteiger partial charge in [0.25, 0.3) is 0 Å². The first kappa shape index (κ1) is 34.9. The van der Waals surface area contributed by atoms with E-state index in [2.05, 4.69) is 10.5 Å². The summed E-state index contributed by atoms with van der Waals surface area (Å²) in [6.07, 6.45) is -5.31. The summed E-state index contributed by atoms with van der Waals surface area (Å²) in [6.45, 7) is 2.98. The van der Waals surface area contributed by atoms with Crippen LogP contribution in [0.1, 0.15) is 88.6 Å². The number of carboxylic acids is 1. The average molecular weight is 671 g/mol. The Morgan fingerprint density at radius 2 is 1.85 bits per heavy atom. The van der Waals surface area contributed by atoms with E-state index in [4.69, 9.17) is 30.8 Å². The smallest absolute Gasteiger partial charge is 0.320 e. The third-order valence-corrected chi connectivity index (χ3v) is 9.16. The fourth-order valence-electron chi connectivity index (χ4n) is 6.38. The number of hydrogen-bond acceptors (Lipinski definition) is 14. The van der Waals surface area contributed by atoms with Gasteiger partial charge < -0.3 is 51.2 Å².